The Kier molecular flexibility index (Phi) is 16.6. The highest BCUT2D eigenvalue weighted by atomic mass is 14.4. The average molecular weight is 491 g/mol. The molecule has 1 unspecified atom stereocenters. The Morgan fingerprint density at radius 2 is 0.833 bits per heavy atom. The Hall–Kier alpha value is -1.56. The van der Waals surface area contributed by atoms with Gasteiger partial charge in [0.05, 0.1) is 0 Å². The van der Waals surface area contributed by atoms with Crippen molar-refractivity contribution in [3.8, 4) is 0 Å². The molecule has 0 N–H and O–H groups in total. The number of rotatable bonds is 22. The molecular weight excluding hydrogens is 432 g/mol. The second-order valence-electron chi connectivity index (χ2n) is 11.3. The van der Waals surface area contributed by atoms with Gasteiger partial charge in [0.25, 0.3) is 0 Å². The maximum Gasteiger partial charge on any atom is 0.0231 e. The molecule has 0 bridgehead atoms. The summed E-state index contributed by atoms with van der Waals surface area (Å²) >= 11 is 0. The van der Waals surface area contributed by atoms with Gasteiger partial charge in [0.2, 0.25) is 0 Å². The first kappa shape index (κ1) is 30.7. The van der Waals surface area contributed by atoms with Crippen LogP contribution < -0.4 is 0 Å². The predicted molar refractivity (Wildman–Crippen MR) is 162 cm³/mol. The zero-order valence-electron chi connectivity index (χ0n) is 24.3. The molecule has 0 saturated heterocycles. The summed E-state index contributed by atoms with van der Waals surface area (Å²) in [6.45, 7) is 7.00. The molecule has 0 fully saturated rings. The molecule has 0 spiro atoms. The van der Waals surface area contributed by atoms with Gasteiger partial charge in [-0.3, -0.25) is 0 Å². The van der Waals surface area contributed by atoms with Crippen molar-refractivity contribution in [3.05, 3.63) is 71.8 Å². The number of benzene rings is 2. The number of hydrogen-bond acceptors (Lipinski definition) is 0. The van der Waals surface area contributed by atoms with E-state index in [1.54, 1.807) is 11.1 Å². The predicted octanol–water partition coefficient (Wildman–Crippen LogP) is 12.1. The van der Waals surface area contributed by atoms with Gasteiger partial charge in [-0.2, -0.15) is 0 Å². The quantitative estimate of drug-likeness (QED) is 0.144. The van der Waals surface area contributed by atoms with Crippen LogP contribution in [0.25, 0.3) is 0 Å². The summed E-state index contributed by atoms with van der Waals surface area (Å²) < 4.78 is 0. The maximum absolute atomic E-state index is 2.44. The van der Waals surface area contributed by atoms with Gasteiger partial charge in [-0.05, 0) is 36.3 Å². The van der Waals surface area contributed by atoms with Crippen LogP contribution in [0.3, 0.4) is 0 Å². The van der Waals surface area contributed by atoms with Crippen LogP contribution in [0.2, 0.25) is 0 Å². The molecule has 2 rings (SSSR count). The lowest BCUT2D eigenvalue weighted by Crippen LogP contribution is -2.37. The van der Waals surface area contributed by atoms with Crippen molar-refractivity contribution < 1.29 is 0 Å². The van der Waals surface area contributed by atoms with Crippen LogP contribution in [0, 0.1) is 5.92 Å². The van der Waals surface area contributed by atoms with Crippen LogP contribution in [-0.2, 0) is 5.41 Å². The Morgan fingerprint density at radius 3 is 1.31 bits per heavy atom. The summed E-state index contributed by atoms with van der Waals surface area (Å²) in [6.07, 6.45) is 26.1. The van der Waals surface area contributed by atoms with Crippen molar-refractivity contribution in [2.75, 3.05) is 0 Å². The maximum atomic E-state index is 2.44. The molecule has 0 aliphatic heterocycles. The van der Waals surface area contributed by atoms with Gasteiger partial charge in [0.1, 0.15) is 0 Å². The van der Waals surface area contributed by atoms with E-state index in [2.05, 4.69) is 81.4 Å². The van der Waals surface area contributed by atoms with Crippen molar-refractivity contribution in [3.63, 3.8) is 0 Å². The molecule has 0 nitrogen and oxygen atoms in total. The molecule has 0 amide bonds. The fourth-order valence-electron chi connectivity index (χ4n) is 6.40. The van der Waals surface area contributed by atoms with Crippen molar-refractivity contribution in [1.82, 2.24) is 0 Å². The fourth-order valence-corrected chi connectivity index (χ4v) is 6.40. The third-order valence-electron chi connectivity index (χ3n) is 8.51. The van der Waals surface area contributed by atoms with Crippen molar-refractivity contribution in [2.24, 2.45) is 5.92 Å². The molecule has 2 aromatic rings. The Labute approximate surface area is 225 Å². The molecule has 1 atom stereocenters. The zero-order chi connectivity index (χ0) is 25.7. The standard InChI is InChI=1S/C36H58/c1-4-7-10-12-14-15-17-25-32-36(34-28-21-18-22-29-34,35-30-23-19-24-31-35)33(26-9-6-3)27-20-16-13-11-8-5-2/h18-19,21-24,28-31,33H,4-17,20,25-27,32H2,1-3H3. The van der Waals surface area contributed by atoms with Gasteiger partial charge in [-0.25, -0.2) is 0 Å². The second kappa shape index (κ2) is 19.5. The van der Waals surface area contributed by atoms with Crippen LogP contribution >= 0.6 is 0 Å². The molecule has 0 aliphatic rings. The largest absolute Gasteiger partial charge is 0.0654 e. The van der Waals surface area contributed by atoms with Crippen molar-refractivity contribution >= 4 is 0 Å². The van der Waals surface area contributed by atoms with E-state index in [9.17, 15) is 0 Å². The average Bonchev–Trinajstić information content (AvgIpc) is 2.93. The lowest BCUT2D eigenvalue weighted by molar-refractivity contribution is 0.245. The smallest absolute Gasteiger partial charge is 0.0231 e. The molecule has 0 heterocycles. The van der Waals surface area contributed by atoms with Gasteiger partial charge < -0.3 is 0 Å². The van der Waals surface area contributed by atoms with Crippen LogP contribution in [0.5, 0.6) is 0 Å². The summed E-state index contributed by atoms with van der Waals surface area (Å²) in [5.74, 6) is 0.720. The highest BCUT2D eigenvalue weighted by Crippen LogP contribution is 2.48. The van der Waals surface area contributed by atoms with E-state index in [4.69, 9.17) is 0 Å². The highest BCUT2D eigenvalue weighted by Gasteiger charge is 2.40. The van der Waals surface area contributed by atoms with Gasteiger partial charge in [0, 0.05) is 5.41 Å². The van der Waals surface area contributed by atoms with E-state index in [0.717, 1.165) is 5.92 Å². The molecule has 0 saturated carbocycles. The van der Waals surface area contributed by atoms with E-state index in [0.29, 0.717) is 0 Å². The van der Waals surface area contributed by atoms with Gasteiger partial charge in [-0.15, -0.1) is 0 Å². The SMILES string of the molecule is CCCCCCCCCCC(c1ccccc1)(c1ccccc1)C(CCCC)CCCCCCCC. The van der Waals surface area contributed by atoms with Crippen molar-refractivity contribution in [1.29, 1.82) is 0 Å². The Balaban J connectivity index is 2.25. The van der Waals surface area contributed by atoms with E-state index < -0.39 is 0 Å². The first-order valence-corrected chi connectivity index (χ1v) is 15.9. The minimum absolute atomic E-state index is 0.142. The molecule has 0 aromatic heterocycles. The second-order valence-corrected chi connectivity index (χ2v) is 11.3. The van der Waals surface area contributed by atoms with Crippen LogP contribution in [-0.4, -0.2) is 0 Å². The minimum Gasteiger partial charge on any atom is -0.0654 e. The monoisotopic (exact) mass is 490 g/mol. The highest BCUT2D eigenvalue weighted by molar-refractivity contribution is 5.40. The lowest BCUT2D eigenvalue weighted by Gasteiger charge is -2.43. The topological polar surface area (TPSA) is 0 Å². The summed E-state index contributed by atoms with van der Waals surface area (Å²) in [5.41, 5.74) is 3.26. The van der Waals surface area contributed by atoms with E-state index in [-0.39, 0.29) is 5.41 Å². The number of unbranched alkanes of at least 4 members (excludes halogenated alkanes) is 13. The molecule has 2 aromatic carbocycles. The van der Waals surface area contributed by atoms with Gasteiger partial charge in [-0.1, -0.05) is 184 Å². The summed E-state index contributed by atoms with van der Waals surface area (Å²) in [6, 6.07) is 23.3. The minimum atomic E-state index is 0.142. The molecule has 202 valence electrons. The van der Waals surface area contributed by atoms with Crippen LogP contribution in [0.15, 0.2) is 60.7 Å². The third-order valence-corrected chi connectivity index (χ3v) is 8.51. The normalized spacial score (nSPS) is 12.6. The van der Waals surface area contributed by atoms with E-state index in [1.807, 2.05) is 0 Å². The molecule has 36 heavy (non-hydrogen) atoms. The Morgan fingerprint density at radius 1 is 0.444 bits per heavy atom. The van der Waals surface area contributed by atoms with Crippen LogP contribution in [0.4, 0.5) is 0 Å². The molecular formula is C36H58. The van der Waals surface area contributed by atoms with Gasteiger partial charge in [0.15, 0.2) is 0 Å². The first-order valence-electron chi connectivity index (χ1n) is 15.9. The summed E-state index contributed by atoms with van der Waals surface area (Å²) in [5, 5.41) is 0. The van der Waals surface area contributed by atoms with Crippen LogP contribution in [0.1, 0.15) is 154 Å². The molecule has 0 radical (unpaired) electrons. The Bertz CT molecular complexity index is 692. The van der Waals surface area contributed by atoms with E-state index >= 15 is 0 Å². The first-order chi connectivity index (χ1) is 17.8. The van der Waals surface area contributed by atoms with Crippen molar-refractivity contribution in [2.45, 2.75) is 148 Å². The lowest BCUT2D eigenvalue weighted by atomic mass is 9.60. The third kappa shape index (κ3) is 10.4. The fraction of sp³-hybridized carbons (Fsp3) is 0.667. The van der Waals surface area contributed by atoms with E-state index in [1.165, 1.54) is 122 Å². The molecule has 0 heteroatoms. The summed E-state index contributed by atoms with van der Waals surface area (Å²) in [4.78, 5) is 0. The zero-order valence-corrected chi connectivity index (χ0v) is 24.3. The number of hydrogen-bond donors (Lipinski definition) is 0. The molecule has 0 aliphatic carbocycles. The van der Waals surface area contributed by atoms with Gasteiger partial charge >= 0.3 is 0 Å². The summed E-state index contributed by atoms with van der Waals surface area (Å²) in [7, 11) is 0.